The first-order valence-corrected chi connectivity index (χ1v) is 8.04. The average Bonchev–Trinajstić information content (AvgIpc) is 2.43. The molecule has 0 radical (unpaired) electrons. The predicted octanol–water partition coefficient (Wildman–Crippen LogP) is 2.89. The van der Waals surface area contributed by atoms with E-state index in [0.29, 0.717) is 13.0 Å². The molecule has 0 saturated heterocycles. The van der Waals surface area contributed by atoms with Crippen LogP contribution in [0.5, 0.6) is 0 Å². The lowest BCUT2D eigenvalue weighted by Crippen LogP contribution is -2.52. The van der Waals surface area contributed by atoms with Crippen LogP contribution in [-0.2, 0) is 16.0 Å². The summed E-state index contributed by atoms with van der Waals surface area (Å²) in [7, 11) is 0. The molecule has 1 atom stereocenters. The first-order valence-electron chi connectivity index (χ1n) is 8.04. The van der Waals surface area contributed by atoms with Crippen LogP contribution in [0.15, 0.2) is 24.3 Å². The highest BCUT2D eigenvalue weighted by molar-refractivity contribution is 5.84. The van der Waals surface area contributed by atoms with Gasteiger partial charge in [0.15, 0.2) is 0 Å². The summed E-state index contributed by atoms with van der Waals surface area (Å²) in [6.07, 6.45) is -0.0982. The second-order valence-corrected chi connectivity index (χ2v) is 6.45. The highest BCUT2D eigenvalue weighted by atomic mass is 16.6. The van der Waals surface area contributed by atoms with Crippen molar-refractivity contribution in [2.75, 3.05) is 6.54 Å². The SMILES string of the molecule is Cc1ccc(CCN(C(=O)OC(C)C)[C@H](C(N)=O)C(C)C)cc1. The van der Waals surface area contributed by atoms with Gasteiger partial charge in [0.25, 0.3) is 0 Å². The van der Waals surface area contributed by atoms with Gasteiger partial charge in [-0.1, -0.05) is 43.7 Å². The number of hydrogen-bond acceptors (Lipinski definition) is 3. The quantitative estimate of drug-likeness (QED) is 0.839. The lowest BCUT2D eigenvalue weighted by atomic mass is 10.0. The minimum atomic E-state index is -0.674. The Labute approximate surface area is 138 Å². The fourth-order valence-electron chi connectivity index (χ4n) is 2.46. The number of aryl methyl sites for hydroxylation is 1. The fraction of sp³-hybridized carbons (Fsp3) is 0.556. The molecule has 0 bridgehead atoms. The van der Waals surface area contributed by atoms with Gasteiger partial charge in [0, 0.05) is 6.54 Å². The van der Waals surface area contributed by atoms with Crippen molar-refractivity contribution in [3.05, 3.63) is 35.4 Å². The Kier molecular flexibility index (Phi) is 7.07. The van der Waals surface area contributed by atoms with Crippen molar-refractivity contribution in [3.8, 4) is 0 Å². The summed E-state index contributed by atoms with van der Waals surface area (Å²) in [5.41, 5.74) is 7.79. The van der Waals surface area contributed by atoms with Gasteiger partial charge in [-0.2, -0.15) is 0 Å². The van der Waals surface area contributed by atoms with E-state index in [0.717, 1.165) is 5.56 Å². The van der Waals surface area contributed by atoms with Gasteiger partial charge in [0.2, 0.25) is 5.91 Å². The molecule has 2 amide bonds. The number of nitrogens with two attached hydrogens (primary N) is 1. The number of amides is 2. The van der Waals surface area contributed by atoms with Crippen molar-refractivity contribution in [1.29, 1.82) is 0 Å². The van der Waals surface area contributed by atoms with Gasteiger partial charge in [0.05, 0.1) is 6.10 Å². The van der Waals surface area contributed by atoms with Crippen LogP contribution < -0.4 is 5.73 Å². The molecular weight excluding hydrogens is 292 g/mol. The molecule has 0 aliphatic carbocycles. The maximum atomic E-state index is 12.4. The molecular formula is C18H28N2O3. The lowest BCUT2D eigenvalue weighted by Gasteiger charge is -2.32. The predicted molar refractivity (Wildman–Crippen MR) is 91.0 cm³/mol. The summed E-state index contributed by atoms with van der Waals surface area (Å²) >= 11 is 0. The van der Waals surface area contributed by atoms with Crippen LogP contribution >= 0.6 is 0 Å². The van der Waals surface area contributed by atoms with E-state index in [1.54, 1.807) is 13.8 Å². The number of rotatable bonds is 7. The van der Waals surface area contributed by atoms with Crippen LogP contribution in [0.2, 0.25) is 0 Å². The molecule has 0 fully saturated rings. The van der Waals surface area contributed by atoms with Gasteiger partial charge in [-0.05, 0) is 38.7 Å². The third-order valence-corrected chi connectivity index (χ3v) is 3.59. The van der Waals surface area contributed by atoms with Crippen molar-refractivity contribution < 1.29 is 14.3 Å². The van der Waals surface area contributed by atoms with E-state index in [2.05, 4.69) is 0 Å². The Morgan fingerprint density at radius 2 is 1.70 bits per heavy atom. The van der Waals surface area contributed by atoms with Gasteiger partial charge in [-0.3, -0.25) is 9.69 Å². The summed E-state index contributed by atoms with van der Waals surface area (Å²) in [5.74, 6) is -0.588. The summed E-state index contributed by atoms with van der Waals surface area (Å²) in [5, 5.41) is 0. The third-order valence-electron chi connectivity index (χ3n) is 3.59. The maximum Gasteiger partial charge on any atom is 0.410 e. The highest BCUT2D eigenvalue weighted by Gasteiger charge is 2.32. The molecule has 1 aromatic carbocycles. The number of hydrogen-bond donors (Lipinski definition) is 1. The summed E-state index contributed by atoms with van der Waals surface area (Å²) in [4.78, 5) is 25.6. The molecule has 0 spiro atoms. The lowest BCUT2D eigenvalue weighted by molar-refractivity contribution is -0.124. The molecule has 1 aromatic rings. The Morgan fingerprint density at radius 3 is 2.13 bits per heavy atom. The molecule has 5 heteroatoms. The van der Waals surface area contributed by atoms with E-state index in [1.807, 2.05) is 45.0 Å². The van der Waals surface area contributed by atoms with E-state index in [4.69, 9.17) is 10.5 Å². The number of carbonyl (C=O) groups is 2. The number of nitrogens with zero attached hydrogens (tertiary/aromatic N) is 1. The average molecular weight is 320 g/mol. The first-order chi connectivity index (χ1) is 10.7. The van der Waals surface area contributed by atoms with Gasteiger partial charge in [0.1, 0.15) is 6.04 Å². The van der Waals surface area contributed by atoms with Crippen LogP contribution in [0.25, 0.3) is 0 Å². The van der Waals surface area contributed by atoms with Crippen molar-refractivity contribution in [1.82, 2.24) is 4.90 Å². The molecule has 0 aromatic heterocycles. The molecule has 0 unspecified atom stereocenters. The largest absolute Gasteiger partial charge is 0.447 e. The second-order valence-electron chi connectivity index (χ2n) is 6.45. The monoisotopic (exact) mass is 320 g/mol. The van der Waals surface area contributed by atoms with Gasteiger partial charge >= 0.3 is 6.09 Å². The van der Waals surface area contributed by atoms with Crippen LogP contribution in [-0.4, -0.2) is 35.6 Å². The Morgan fingerprint density at radius 1 is 1.13 bits per heavy atom. The maximum absolute atomic E-state index is 12.4. The topological polar surface area (TPSA) is 72.6 Å². The third kappa shape index (κ3) is 5.93. The second kappa shape index (κ2) is 8.56. The molecule has 0 aliphatic rings. The van der Waals surface area contributed by atoms with E-state index >= 15 is 0 Å². The highest BCUT2D eigenvalue weighted by Crippen LogP contribution is 2.15. The van der Waals surface area contributed by atoms with Crippen LogP contribution in [0.4, 0.5) is 4.79 Å². The van der Waals surface area contributed by atoms with Gasteiger partial charge < -0.3 is 10.5 Å². The standard InChI is InChI=1S/C18H28N2O3/c1-12(2)16(17(19)21)20(18(22)23-13(3)4)11-10-15-8-6-14(5)7-9-15/h6-9,12-13,16H,10-11H2,1-5H3,(H2,19,21)/t16-/m0/s1. The number of carbonyl (C=O) groups excluding carboxylic acids is 2. The molecule has 2 N–H and O–H groups in total. The minimum absolute atomic E-state index is 0.0785. The van der Waals surface area contributed by atoms with Crippen molar-refractivity contribution in [2.45, 2.75) is 53.2 Å². The summed E-state index contributed by atoms with van der Waals surface area (Å²) < 4.78 is 5.28. The van der Waals surface area contributed by atoms with Crippen molar-refractivity contribution in [3.63, 3.8) is 0 Å². The molecule has 5 nitrogen and oxygen atoms in total. The Bertz CT molecular complexity index is 524. The molecule has 0 heterocycles. The molecule has 0 aliphatic heterocycles. The summed E-state index contributed by atoms with van der Waals surface area (Å²) in [6.45, 7) is 9.72. The van der Waals surface area contributed by atoms with Gasteiger partial charge in [-0.25, -0.2) is 4.79 Å². The zero-order valence-electron chi connectivity index (χ0n) is 14.7. The molecule has 1 rings (SSSR count). The van der Waals surface area contributed by atoms with Gasteiger partial charge in [-0.15, -0.1) is 0 Å². The summed E-state index contributed by atoms with van der Waals surface area (Å²) in [6, 6.07) is 7.43. The Balaban J connectivity index is 2.91. The molecule has 128 valence electrons. The zero-order chi connectivity index (χ0) is 17.6. The minimum Gasteiger partial charge on any atom is -0.447 e. The number of primary amides is 1. The Hall–Kier alpha value is -2.04. The van der Waals surface area contributed by atoms with Crippen LogP contribution in [0.3, 0.4) is 0 Å². The smallest absolute Gasteiger partial charge is 0.410 e. The fourth-order valence-corrected chi connectivity index (χ4v) is 2.46. The molecule has 23 heavy (non-hydrogen) atoms. The van der Waals surface area contributed by atoms with Crippen molar-refractivity contribution in [2.24, 2.45) is 11.7 Å². The van der Waals surface area contributed by atoms with Crippen LogP contribution in [0, 0.1) is 12.8 Å². The van der Waals surface area contributed by atoms with E-state index in [9.17, 15) is 9.59 Å². The number of ether oxygens (including phenoxy) is 1. The zero-order valence-corrected chi connectivity index (χ0v) is 14.7. The van der Waals surface area contributed by atoms with E-state index in [1.165, 1.54) is 10.5 Å². The van der Waals surface area contributed by atoms with E-state index < -0.39 is 18.0 Å². The van der Waals surface area contributed by atoms with Crippen LogP contribution in [0.1, 0.15) is 38.8 Å². The molecule has 0 saturated carbocycles. The first kappa shape index (κ1) is 19.0. The normalized spacial score (nSPS) is 12.3. The van der Waals surface area contributed by atoms with E-state index in [-0.39, 0.29) is 12.0 Å². The number of benzene rings is 1. The van der Waals surface area contributed by atoms with Crippen molar-refractivity contribution >= 4 is 12.0 Å².